The highest BCUT2D eigenvalue weighted by atomic mass is 16.5. The summed E-state index contributed by atoms with van der Waals surface area (Å²) in [6, 6.07) is 7.32. The van der Waals surface area contributed by atoms with Crippen molar-refractivity contribution >= 4 is 16.9 Å². The zero-order valence-electron chi connectivity index (χ0n) is 8.19. The molecule has 1 N–H and O–H groups in total. The molecule has 0 saturated heterocycles. The van der Waals surface area contributed by atoms with Crippen LogP contribution in [0.25, 0.3) is 10.9 Å². The minimum atomic E-state index is -0.321. The molecule has 0 unspecified atom stereocenters. The molecule has 0 atom stereocenters. The Hall–Kier alpha value is -2.03. The van der Waals surface area contributed by atoms with E-state index in [4.69, 9.17) is 4.74 Å². The Labute approximate surface area is 87.4 Å². The zero-order chi connectivity index (χ0) is 10.7. The first kappa shape index (κ1) is 9.52. The van der Waals surface area contributed by atoms with E-state index in [-0.39, 0.29) is 12.6 Å². The first-order chi connectivity index (χ1) is 7.31. The van der Waals surface area contributed by atoms with E-state index in [1.165, 1.54) is 0 Å². The van der Waals surface area contributed by atoms with Crippen molar-refractivity contribution in [3.63, 3.8) is 0 Å². The minimum absolute atomic E-state index is 0.240. The van der Waals surface area contributed by atoms with E-state index >= 15 is 0 Å². The second kappa shape index (κ2) is 4.00. The fourth-order valence-corrected chi connectivity index (χ4v) is 1.40. The number of aromatic nitrogens is 1. The Morgan fingerprint density at radius 1 is 1.47 bits per heavy atom. The van der Waals surface area contributed by atoms with Crippen LogP contribution in [0.15, 0.2) is 43.1 Å². The fraction of sp³-hybridized carbons (Fsp3) is 0.0833. The average Bonchev–Trinajstić information content (AvgIpc) is 2.72. The number of ether oxygens (including phenoxy) is 1. The first-order valence-electron chi connectivity index (χ1n) is 4.66. The van der Waals surface area contributed by atoms with Crippen LogP contribution in [-0.2, 0) is 4.74 Å². The summed E-state index contributed by atoms with van der Waals surface area (Å²) < 4.78 is 4.94. The molecule has 1 aromatic carbocycles. The van der Waals surface area contributed by atoms with Crippen LogP contribution in [0.4, 0.5) is 0 Å². The van der Waals surface area contributed by atoms with Crippen molar-refractivity contribution in [3.8, 4) is 0 Å². The molecule has 0 bridgehead atoms. The van der Waals surface area contributed by atoms with E-state index in [2.05, 4.69) is 11.6 Å². The number of carbonyl (C=O) groups excluding carboxylic acids is 1. The van der Waals surface area contributed by atoms with E-state index in [1.54, 1.807) is 18.2 Å². The molecule has 3 nitrogen and oxygen atoms in total. The van der Waals surface area contributed by atoms with E-state index < -0.39 is 0 Å². The average molecular weight is 201 g/mol. The lowest BCUT2D eigenvalue weighted by atomic mass is 10.1. The number of H-pyrrole nitrogens is 1. The number of esters is 1. The number of rotatable bonds is 3. The van der Waals surface area contributed by atoms with Gasteiger partial charge in [-0.25, -0.2) is 4.79 Å². The Morgan fingerprint density at radius 3 is 3.13 bits per heavy atom. The second-order valence-electron chi connectivity index (χ2n) is 3.17. The summed E-state index contributed by atoms with van der Waals surface area (Å²) in [5.41, 5.74) is 1.57. The number of nitrogens with one attached hydrogen (secondary N) is 1. The largest absolute Gasteiger partial charge is 0.458 e. The Kier molecular flexibility index (Phi) is 2.54. The van der Waals surface area contributed by atoms with Crippen molar-refractivity contribution < 1.29 is 9.53 Å². The van der Waals surface area contributed by atoms with Gasteiger partial charge in [0.1, 0.15) is 6.61 Å². The number of aromatic amines is 1. The van der Waals surface area contributed by atoms with Gasteiger partial charge in [0.05, 0.1) is 5.56 Å². The summed E-state index contributed by atoms with van der Waals surface area (Å²) in [5.74, 6) is -0.321. The predicted octanol–water partition coefficient (Wildman–Crippen LogP) is 2.51. The SMILES string of the molecule is C=CCOC(=O)c1ccc2[nH]ccc2c1. The van der Waals surface area contributed by atoms with Gasteiger partial charge in [-0.3, -0.25) is 0 Å². The third-order valence-corrected chi connectivity index (χ3v) is 2.12. The van der Waals surface area contributed by atoms with Crippen LogP contribution in [0.2, 0.25) is 0 Å². The van der Waals surface area contributed by atoms with Crippen molar-refractivity contribution in [1.82, 2.24) is 4.98 Å². The van der Waals surface area contributed by atoms with E-state index in [9.17, 15) is 4.79 Å². The van der Waals surface area contributed by atoms with Crippen LogP contribution >= 0.6 is 0 Å². The number of hydrogen-bond acceptors (Lipinski definition) is 2. The summed E-state index contributed by atoms with van der Waals surface area (Å²) >= 11 is 0. The molecular weight excluding hydrogens is 190 g/mol. The van der Waals surface area contributed by atoms with E-state index in [1.807, 2.05) is 18.3 Å². The van der Waals surface area contributed by atoms with Gasteiger partial charge in [0.25, 0.3) is 0 Å². The number of hydrogen-bond donors (Lipinski definition) is 1. The van der Waals surface area contributed by atoms with Gasteiger partial charge in [-0.1, -0.05) is 12.7 Å². The van der Waals surface area contributed by atoms with Gasteiger partial charge in [-0.15, -0.1) is 0 Å². The maximum Gasteiger partial charge on any atom is 0.338 e. The minimum Gasteiger partial charge on any atom is -0.458 e. The van der Waals surface area contributed by atoms with Crippen LogP contribution in [0.3, 0.4) is 0 Å². The Morgan fingerprint density at radius 2 is 2.33 bits per heavy atom. The van der Waals surface area contributed by atoms with Crippen molar-refractivity contribution in [2.45, 2.75) is 0 Å². The topological polar surface area (TPSA) is 42.1 Å². The van der Waals surface area contributed by atoms with Crippen LogP contribution in [0.5, 0.6) is 0 Å². The molecule has 1 heterocycles. The number of benzene rings is 1. The Bertz CT molecular complexity index is 499. The highest BCUT2D eigenvalue weighted by Crippen LogP contribution is 2.14. The maximum atomic E-state index is 11.5. The van der Waals surface area contributed by atoms with Crippen molar-refractivity contribution in [2.24, 2.45) is 0 Å². The molecule has 0 aliphatic carbocycles. The lowest BCUT2D eigenvalue weighted by Crippen LogP contribution is -2.04. The molecule has 1 aromatic heterocycles. The highest BCUT2D eigenvalue weighted by Gasteiger charge is 2.06. The molecule has 0 saturated carbocycles. The number of fused-ring (bicyclic) bond motifs is 1. The molecular formula is C12H11NO2. The van der Waals surface area contributed by atoms with Crippen LogP contribution in [0, 0.1) is 0 Å². The first-order valence-corrected chi connectivity index (χ1v) is 4.66. The summed E-state index contributed by atoms with van der Waals surface area (Å²) in [4.78, 5) is 14.5. The summed E-state index contributed by atoms with van der Waals surface area (Å²) in [7, 11) is 0. The van der Waals surface area contributed by atoms with E-state index in [0.717, 1.165) is 10.9 Å². The summed E-state index contributed by atoms with van der Waals surface area (Å²) in [6.45, 7) is 3.73. The zero-order valence-corrected chi connectivity index (χ0v) is 8.19. The monoisotopic (exact) mass is 201 g/mol. The molecule has 0 aliphatic heterocycles. The van der Waals surface area contributed by atoms with Gasteiger partial charge in [0, 0.05) is 17.1 Å². The molecule has 2 aromatic rings. The highest BCUT2D eigenvalue weighted by molar-refractivity contribution is 5.94. The quantitative estimate of drug-likeness (QED) is 0.612. The molecule has 0 fully saturated rings. The predicted molar refractivity (Wildman–Crippen MR) is 58.8 cm³/mol. The van der Waals surface area contributed by atoms with Gasteiger partial charge in [0.15, 0.2) is 0 Å². The van der Waals surface area contributed by atoms with Gasteiger partial charge >= 0.3 is 5.97 Å². The van der Waals surface area contributed by atoms with Crippen molar-refractivity contribution in [3.05, 3.63) is 48.7 Å². The summed E-state index contributed by atoms with van der Waals surface area (Å²) in [6.07, 6.45) is 3.39. The lowest BCUT2D eigenvalue weighted by Gasteiger charge is -2.01. The van der Waals surface area contributed by atoms with Gasteiger partial charge in [-0.05, 0) is 24.3 Å². The van der Waals surface area contributed by atoms with Gasteiger partial charge in [-0.2, -0.15) is 0 Å². The molecule has 2 rings (SSSR count). The molecule has 0 aliphatic rings. The molecule has 76 valence electrons. The molecule has 0 radical (unpaired) electrons. The molecule has 0 amide bonds. The van der Waals surface area contributed by atoms with Gasteiger partial charge in [0.2, 0.25) is 0 Å². The standard InChI is InChI=1S/C12H11NO2/c1-2-7-15-12(14)10-3-4-11-9(8-10)5-6-13-11/h2-6,8,13H,1,7H2. The van der Waals surface area contributed by atoms with Crippen molar-refractivity contribution in [1.29, 1.82) is 0 Å². The van der Waals surface area contributed by atoms with Crippen LogP contribution in [0.1, 0.15) is 10.4 Å². The van der Waals surface area contributed by atoms with Crippen LogP contribution < -0.4 is 0 Å². The number of carbonyl (C=O) groups is 1. The maximum absolute atomic E-state index is 11.5. The smallest absolute Gasteiger partial charge is 0.338 e. The molecule has 3 heteroatoms. The van der Waals surface area contributed by atoms with Gasteiger partial charge < -0.3 is 9.72 Å². The van der Waals surface area contributed by atoms with Crippen LogP contribution in [-0.4, -0.2) is 17.6 Å². The van der Waals surface area contributed by atoms with E-state index in [0.29, 0.717) is 5.56 Å². The normalized spacial score (nSPS) is 10.1. The summed E-state index contributed by atoms with van der Waals surface area (Å²) in [5, 5.41) is 1.00. The Balaban J connectivity index is 2.27. The third kappa shape index (κ3) is 1.91. The molecule has 0 spiro atoms. The second-order valence-corrected chi connectivity index (χ2v) is 3.17. The fourth-order valence-electron chi connectivity index (χ4n) is 1.40. The third-order valence-electron chi connectivity index (χ3n) is 2.12. The lowest BCUT2D eigenvalue weighted by molar-refractivity contribution is 0.0550. The molecule has 15 heavy (non-hydrogen) atoms. The van der Waals surface area contributed by atoms with Crippen molar-refractivity contribution in [2.75, 3.05) is 6.61 Å².